The third kappa shape index (κ3) is 6.84. The van der Waals surface area contributed by atoms with Crippen molar-refractivity contribution in [3.05, 3.63) is 91.6 Å². The Bertz CT molecular complexity index is 1030. The molecule has 7 heteroatoms. The molecule has 0 aliphatic rings. The van der Waals surface area contributed by atoms with Gasteiger partial charge in [0.2, 0.25) is 0 Å². The normalized spacial score (nSPS) is 10.9. The number of benzene rings is 3. The first-order chi connectivity index (χ1) is 15.0. The van der Waals surface area contributed by atoms with Crippen LogP contribution in [-0.4, -0.2) is 13.2 Å². The maximum Gasteiger partial charge on any atom is 0.162 e. The van der Waals surface area contributed by atoms with Crippen molar-refractivity contribution in [2.24, 2.45) is 0 Å². The fourth-order valence-electron chi connectivity index (χ4n) is 3.04. The molecule has 0 heterocycles. The van der Waals surface area contributed by atoms with Gasteiger partial charge in [0.25, 0.3) is 0 Å². The van der Waals surface area contributed by atoms with Crippen LogP contribution in [-0.2, 0) is 19.6 Å². The molecule has 0 saturated carbocycles. The predicted molar refractivity (Wildman–Crippen MR) is 128 cm³/mol. The van der Waals surface area contributed by atoms with Gasteiger partial charge in [0.15, 0.2) is 11.5 Å². The van der Waals surface area contributed by atoms with Gasteiger partial charge < -0.3 is 14.8 Å². The molecule has 31 heavy (non-hydrogen) atoms. The Morgan fingerprint density at radius 3 is 2.45 bits per heavy atom. The maximum absolute atomic E-state index is 13.9. The molecule has 164 valence electrons. The lowest BCUT2D eigenvalue weighted by Gasteiger charge is -2.16. The van der Waals surface area contributed by atoms with Crippen LogP contribution in [0.4, 0.5) is 4.39 Å². The molecule has 0 aliphatic heterocycles. The summed E-state index contributed by atoms with van der Waals surface area (Å²) in [5, 5.41) is 4.72. The second kappa shape index (κ2) is 11.7. The van der Waals surface area contributed by atoms with Crippen molar-refractivity contribution >= 4 is 39.1 Å². The van der Waals surface area contributed by atoms with E-state index in [0.717, 1.165) is 28.6 Å². The number of nitrogens with one attached hydrogen (secondary N) is 1. The van der Waals surface area contributed by atoms with Crippen LogP contribution in [0.25, 0.3) is 0 Å². The minimum absolute atomic E-state index is 0.124. The number of hydrogen-bond donors (Lipinski definition) is 1. The van der Waals surface area contributed by atoms with Crippen LogP contribution in [0.5, 0.6) is 11.5 Å². The largest absolute Gasteiger partial charge is 0.490 e. The summed E-state index contributed by atoms with van der Waals surface area (Å²) in [6.07, 6.45) is 0.787. The standard InChI is InChI=1S/C24H23BrCl2FNO2/c1-2-30-23-11-18(14-29-10-9-16-7-8-19(26)12-21(16)27)20(25)13-24(23)31-15-17-5-3-4-6-22(17)28/h3-8,11-13,29H,2,9-10,14-15H2,1H3. The van der Waals surface area contributed by atoms with Crippen LogP contribution >= 0.6 is 39.1 Å². The van der Waals surface area contributed by atoms with E-state index in [-0.39, 0.29) is 12.4 Å². The van der Waals surface area contributed by atoms with Gasteiger partial charge in [0.1, 0.15) is 12.4 Å². The zero-order valence-corrected chi connectivity index (χ0v) is 20.2. The highest BCUT2D eigenvalue weighted by atomic mass is 79.9. The van der Waals surface area contributed by atoms with Crippen molar-refractivity contribution in [1.82, 2.24) is 5.32 Å². The molecule has 0 aromatic heterocycles. The molecule has 1 N–H and O–H groups in total. The van der Waals surface area contributed by atoms with Crippen LogP contribution in [0.1, 0.15) is 23.6 Å². The first-order valence-electron chi connectivity index (χ1n) is 9.94. The Hall–Kier alpha value is -1.79. The average Bonchev–Trinajstić information content (AvgIpc) is 2.74. The summed E-state index contributed by atoms with van der Waals surface area (Å²) in [5.41, 5.74) is 2.57. The first kappa shape index (κ1) is 23.9. The summed E-state index contributed by atoms with van der Waals surface area (Å²) in [4.78, 5) is 0. The van der Waals surface area contributed by atoms with Crippen LogP contribution in [0.15, 0.2) is 59.1 Å². The second-order valence-corrected chi connectivity index (χ2v) is 8.56. The van der Waals surface area contributed by atoms with Crippen LogP contribution in [0.2, 0.25) is 10.0 Å². The van der Waals surface area contributed by atoms with Gasteiger partial charge in [-0.25, -0.2) is 4.39 Å². The van der Waals surface area contributed by atoms with E-state index in [1.165, 1.54) is 6.07 Å². The molecule has 3 rings (SSSR count). The zero-order valence-electron chi connectivity index (χ0n) is 17.1. The van der Waals surface area contributed by atoms with E-state index in [9.17, 15) is 4.39 Å². The molecule has 0 saturated heterocycles. The highest BCUT2D eigenvalue weighted by molar-refractivity contribution is 9.10. The second-order valence-electron chi connectivity index (χ2n) is 6.87. The van der Waals surface area contributed by atoms with Gasteiger partial charge in [-0.05, 0) is 61.3 Å². The van der Waals surface area contributed by atoms with Gasteiger partial charge in [-0.15, -0.1) is 0 Å². The van der Waals surface area contributed by atoms with Crippen LogP contribution in [0, 0.1) is 5.82 Å². The van der Waals surface area contributed by atoms with Gasteiger partial charge in [-0.2, -0.15) is 0 Å². The Labute approximate surface area is 200 Å². The Balaban J connectivity index is 1.63. The summed E-state index contributed by atoms with van der Waals surface area (Å²) in [6, 6.07) is 15.9. The first-order valence-corrected chi connectivity index (χ1v) is 11.5. The van der Waals surface area contributed by atoms with Crippen molar-refractivity contribution in [2.45, 2.75) is 26.5 Å². The van der Waals surface area contributed by atoms with E-state index < -0.39 is 0 Å². The quantitative estimate of drug-likeness (QED) is 0.283. The lowest BCUT2D eigenvalue weighted by Crippen LogP contribution is -2.17. The Morgan fingerprint density at radius 2 is 1.71 bits per heavy atom. The molecule has 0 spiro atoms. The monoisotopic (exact) mass is 525 g/mol. The summed E-state index contributed by atoms with van der Waals surface area (Å²) in [5.74, 6) is 0.898. The highest BCUT2D eigenvalue weighted by Gasteiger charge is 2.12. The molecule has 0 bridgehead atoms. The summed E-state index contributed by atoms with van der Waals surface area (Å²) in [6.45, 7) is 3.93. The van der Waals surface area contributed by atoms with Crippen molar-refractivity contribution in [1.29, 1.82) is 0 Å². The van der Waals surface area contributed by atoms with Gasteiger partial charge >= 0.3 is 0 Å². The van der Waals surface area contributed by atoms with E-state index in [0.29, 0.717) is 40.3 Å². The van der Waals surface area contributed by atoms with E-state index in [1.807, 2.05) is 31.2 Å². The predicted octanol–water partition coefficient (Wildman–Crippen LogP) is 7.21. The van der Waals surface area contributed by atoms with Crippen LogP contribution in [0.3, 0.4) is 0 Å². The maximum atomic E-state index is 13.9. The fourth-order valence-corrected chi connectivity index (χ4v) is 4.00. The molecule has 0 radical (unpaired) electrons. The van der Waals surface area contributed by atoms with Crippen molar-refractivity contribution in [3.8, 4) is 11.5 Å². The summed E-state index contributed by atoms with van der Waals surface area (Å²) >= 11 is 15.8. The van der Waals surface area contributed by atoms with Gasteiger partial charge in [-0.1, -0.05) is 63.4 Å². The van der Waals surface area contributed by atoms with E-state index in [2.05, 4.69) is 21.2 Å². The number of halogens is 4. The van der Waals surface area contributed by atoms with Crippen molar-refractivity contribution < 1.29 is 13.9 Å². The lowest BCUT2D eigenvalue weighted by atomic mass is 10.1. The molecule has 0 atom stereocenters. The Morgan fingerprint density at radius 1 is 0.935 bits per heavy atom. The summed E-state index contributed by atoms with van der Waals surface area (Å²) in [7, 11) is 0. The van der Waals surface area contributed by atoms with Gasteiger partial charge in [0.05, 0.1) is 6.61 Å². The van der Waals surface area contributed by atoms with Gasteiger partial charge in [0, 0.05) is 26.6 Å². The average molecular weight is 527 g/mol. The number of rotatable bonds is 10. The SMILES string of the molecule is CCOc1cc(CNCCc2ccc(Cl)cc2Cl)c(Br)cc1OCc1ccccc1F. The molecule has 0 amide bonds. The topological polar surface area (TPSA) is 30.5 Å². The number of hydrogen-bond acceptors (Lipinski definition) is 3. The molecule has 3 nitrogen and oxygen atoms in total. The Kier molecular flexibility index (Phi) is 9.02. The fraction of sp³-hybridized carbons (Fsp3) is 0.250. The number of ether oxygens (including phenoxy) is 2. The molecule has 3 aromatic rings. The minimum atomic E-state index is -0.291. The van der Waals surface area contributed by atoms with E-state index >= 15 is 0 Å². The van der Waals surface area contributed by atoms with E-state index in [4.69, 9.17) is 32.7 Å². The highest BCUT2D eigenvalue weighted by Crippen LogP contribution is 2.34. The van der Waals surface area contributed by atoms with Crippen LogP contribution < -0.4 is 14.8 Å². The lowest BCUT2D eigenvalue weighted by molar-refractivity contribution is 0.265. The van der Waals surface area contributed by atoms with Crippen molar-refractivity contribution in [2.75, 3.05) is 13.2 Å². The van der Waals surface area contributed by atoms with Crippen molar-refractivity contribution in [3.63, 3.8) is 0 Å². The van der Waals surface area contributed by atoms with E-state index in [1.54, 1.807) is 24.3 Å². The summed E-state index contributed by atoms with van der Waals surface area (Å²) < 4.78 is 26.4. The van der Waals surface area contributed by atoms with Gasteiger partial charge in [-0.3, -0.25) is 0 Å². The molecule has 0 fully saturated rings. The molecule has 0 unspecified atom stereocenters. The molecule has 3 aromatic carbocycles. The third-order valence-corrected chi connectivity index (χ3v) is 5.98. The molecule has 0 aliphatic carbocycles. The molecular weight excluding hydrogens is 504 g/mol. The molecular formula is C24H23BrCl2FNO2. The minimum Gasteiger partial charge on any atom is -0.490 e. The third-order valence-electron chi connectivity index (χ3n) is 4.66. The zero-order chi connectivity index (χ0) is 22.2. The smallest absolute Gasteiger partial charge is 0.162 e.